The molecule has 0 radical (unpaired) electrons. The minimum Gasteiger partial charge on any atom is -0.318 e. The van der Waals surface area contributed by atoms with Crippen molar-refractivity contribution >= 4 is 11.6 Å². The molecule has 2 aromatic heterocycles. The van der Waals surface area contributed by atoms with Gasteiger partial charge in [-0.15, -0.1) is 5.10 Å². The zero-order valence-corrected chi connectivity index (χ0v) is 15.5. The summed E-state index contributed by atoms with van der Waals surface area (Å²) in [7, 11) is 0. The fourth-order valence-electron chi connectivity index (χ4n) is 2.93. The van der Waals surface area contributed by atoms with Crippen LogP contribution in [0.15, 0.2) is 67.0 Å². The molecule has 29 heavy (non-hydrogen) atoms. The average molecular weight is 393 g/mol. The van der Waals surface area contributed by atoms with E-state index >= 15 is 0 Å². The lowest BCUT2D eigenvalue weighted by atomic mass is 10.1. The Balaban J connectivity index is 1.69. The smallest absolute Gasteiger partial charge is 0.280 e. The maximum atomic E-state index is 13.9. The molecular formula is C21H17F2N5O. The third kappa shape index (κ3) is 3.91. The van der Waals surface area contributed by atoms with E-state index in [-0.39, 0.29) is 11.4 Å². The molecule has 0 saturated heterocycles. The first-order valence-electron chi connectivity index (χ1n) is 8.90. The number of halogens is 2. The molecule has 0 aliphatic rings. The molecule has 146 valence electrons. The van der Waals surface area contributed by atoms with Crippen LogP contribution in [0.1, 0.15) is 21.6 Å². The minimum absolute atomic E-state index is 0.00280. The predicted octanol–water partition coefficient (Wildman–Crippen LogP) is 3.96. The Kier molecular flexibility index (Phi) is 4.90. The van der Waals surface area contributed by atoms with E-state index in [1.807, 2.05) is 31.2 Å². The van der Waals surface area contributed by atoms with E-state index in [0.717, 1.165) is 29.3 Å². The quantitative estimate of drug-likeness (QED) is 0.558. The second-order valence-electron chi connectivity index (χ2n) is 6.57. The number of carbonyl (C=O) groups excluding carboxylic acids is 1. The zero-order chi connectivity index (χ0) is 20.4. The number of nitrogens with one attached hydrogen (secondary N) is 1. The molecule has 1 N–H and O–H groups in total. The molecule has 0 aliphatic heterocycles. The highest BCUT2D eigenvalue weighted by atomic mass is 19.1. The maximum Gasteiger partial charge on any atom is 0.280 e. The number of rotatable bonds is 5. The third-order valence-electron chi connectivity index (χ3n) is 4.40. The lowest BCUT2D eigenvalue weighted by molar-refractivity contribution is 0.102. The Morgan fingerprint density at radius 3 is 2.52 bits per heavy atom. The van der Waals surface area contributed by atoms with Crippen LogP contribution in [0.4, 0.5) is 14.5 Å². The van der Waals surface area contributed by atoms with Crippen LogP contribution in [0.25, 0.3) is 5.82 Å². The highest BCUT2D eigenvalue weighted by Crippen LogP contribution is 2.19. The molecule has 6 nitrogen and oxygen atoms in total. The van der Waals surface area contributed by atoms with E-state index in [1.165, 1.54) is 0 Å². The summed E-state index contributed by atoms with van der Waals surface area (Å²) >= 11 is 0. The second kappa shape index (κ2) is 7.67. The van der Waals surface area contributed by atoms with Crippen molar-refractivity contribution < 1.29 is 13.6 Å². The summed E-state index contributed by atoms with van der Waals surface area (Å²) in [5.74, 6) is -1.66. The van der Waals surface area contributed by atoms with Gasteiger partial charge < -0.3 is 9.88 Å². The van der Waals surface area contributed by atoms with Crippen LogP contribution in [-0.2, 0) is 6.54 Å². The van der Waals surface area contributed by atoms with Crippen LogP contribution in [0.5, 0.6) is 0 Å². The normalized spacial score (nSPS) is 10.9. The Morgan fingerprint density at radius 2 is 1.79 bits per heavy atom. The number of benzene rings is 2. The van der Waals surface area contributed by atoms with Gasteiger partial charge in [0.1, 0.15) is 11.6 Å². The van der Waals surface area contributed by atoms with Crippen LogP contribution in [-0.4, -0.2) is 25.5 Å². The summed E-state index contributed by atoms with van der Waals surface area (Å²) < 4.78 is 30.6. The van der Waals surface area contributed by atoms with Gasteiger partial charge in [0, 0.05) is 18.5 Å². The Bertz CT molecular complexity index is 1150. The summed E-state index contributed by atoms with van der Waals surface area (Å²) in [6.07, 6.45) is 3.51. The molecule has 8 heteroatoms. The SMILES string of the molecule is Cc1ccc(Cn2nnc(C(=O)Nc3cc(F)ccc3F)c2-n2cccc2)cc1. The summed E-state index contributed by atoms with van der Waals surface area (Å²) in [5.41, 5.74) is 1.85. The lowest BCUT2D eigenvalue weighted by Crippen LogP contribution is -2.17. The van der Waals surface area contributed by atoms with Crippen molar-refractivity contribution in [1.29, 1.82) is 0 Å². The Labute approximate surface area is 165 Å². The van der Waals surface area contributed by atoms with Crippen molar-refractivity contribution in [3.63, 3.8) is 0 Å². The average Bonchev–Trinajstić information content (AvgIpc) is 3.36. The Hall–Kier alpha value is -3.81. The zero-order valence-electron chi connectivity index (χ0n) is 15.5. The Morgan fingerprint density at radius 1 is 1.07 bits per heavy atom. The van der Waals surface area contributed by atoms with Crippen molar-refractivity contribution in [3.05, 3.63) is 95.4 Å². The minimum atomic E-state index is -0.741. The molecule has 0 fully saturated rings. The van der Waals surface area contributed by atoms with Gasteiger partial charge in [-0.1, -0.05) is 35.0 Å². The molecule has 2 heterocycles. The molecule has 4 rings (SSSR count). The van der Waals surface area contributed by atoms with Gasteiger partial charge >= 0.3 is 0 Å². The fourth-order valence-corrected chi connectivity index (χ4v) is 2.93. The summed E-state index contributed by atoms with van der Waals surface area (Å²) in [6, 6.07) is 14.4. The van der Waals surface area contributed by atoms with Crippen LogP contribution < -0.4 is 5.32 Å². The van der Waals surface area contributed by atoms with Gasteiger partial charge in [-0.3, -0.25) is 4.79 Å². The second-order valence-corrected chi connectivity index (χ2v) is 6.57. The van der Waals surface area contributed by atoms with E-state index in [2.05, 4.69) is 15.6 Å². The van der Waals surface area contributed by atoms with Crippen molar-refractivity contribution in [2.45, 2.75) is 13.5 Å². The van der Waals surface area contributed by atoms with Crippen LogP contribution in [0.2, 0.25) is 0 Å². The highest BCUT2D eigenvalue weighted by molar-refractivity contribution is 6.04. The third-order valence-corrected chi connectivity index (χ3v) is 4.40. The first kappa shape index (κ1) is 18.5. The van der Waals surface area contributed by atoms with E-state index in [0.29, 0.717) is 12.4 Å². The maximum absolute atomic E-state index is 13.9. The molecule has 4 aromatic rings. The first-order chi connectivity index (χ1) is 14.0. The summed E-state index contributed by atoms with van der Waals surface area (Å²) in [6.45, 7) is 2.39. The molecule has 0 aliphatic carbocycles. The molecule has 0 spiro atoms. The van der Waals surface area contributed by atoms with E-state index in [9.17, 15) is 13.6 Å². The molecule has 0 bridgehead atoms. The van der Waals surface area contributed by atoms with Crippen LogP contribution in [0, 0.1) is 18.6 Å². The largest absolute Gasteiger partial charge is 0.318 e. The number of amides is 1. The number of aromatic nitrogens is 4. The van der Waals surface area contributed by atoms with E-state index in [4.69, 9.17) is 0 Å². The number of nitrogens with zero attached hydrogens (tertiary/aromatic N) is 4. The van der Waals surface area contributed by atoms with E-state index in [1.54, 1.807) is 33.8 Å². The monoisotopic (exact) mass is 393 g/mol. The van der Waals surface area contributed by atoms with Gasteiger partial charge in [0.15, 0.2) is 11.5 Å². The molecule has 1 amide bonds. The number of aryl methyl sites for hydroxylation is 1. The highest BCUT2D eigenvalue weighted by Gasteiger charge is 2.22. The van der Waals surface area contributed by atoms with Gasteiger partial charge in [-0.05, 0) is 36.8 Å². The van der Waals surface area contributed by atoms with Crippen LogP contribution >= 0.6 is 0 Å². The molecule has 0 saturated carbocycles. The van der Waals surface area contributed by atoms with Crippen molar-refractivity contribution in [1.82, 2.24) is 19.6 Å². The number of carbonyl (C=O) groups is 1. The molecule has 0 atom stereocenters. The van der Waals surface area contributed by atoms with Gasteiger partial charge in [0.2, 0.25) is 0 Å². The molecule has 0 unspecified atom stereocenters. The summed E-state index contributed by atoms with van der Waals surface area (Å²) in [5, 5.41) is 10.5. The van der Waals surface area contributed by atoms with Gasteiger partial charge in [-0.25, -0.2) is 13.5 Å². The molecular weight excluding hydrogens is 376 g/mol. The predicted molar refractivity (Wildman–Crippen MR) is 104 cm³/mol. The fraction of sp³-hybridized carbons (Fsp3) is 0.0952. The number of hydrogen-bond acceptors (Lipinski definition) is 3. The van der Waals surface area contributed by atoms with Crippen molar-refractivity contribution in [2.75, 3.05) is 5.32 Å². The van der Waals surface area contributed by atoms with Crippen molar-refractivity contribution in [3.8, 4) is 5.82 Å². The molecule has 2 aromatic carbocycles. The lowest BCUT2D eigenvalue weighted by Gasteiger charge is -2.10. The topological polar surface area (TPSA) is 64.7 Å². The van der Waals surface area contributed by atoms with Gasteiger partial charge in [0.25, 0.3) is 5.91 Å². The van der Waals surface area contributed by atoms with Gasteiger partial charge in [-0.2, -0.15) is 0 Å². The van der Waals surface area contributed by atoms with Crippen molar-refractivity contribution in [2.24, 2.45) is 0 Å². The van der Waals surface area contributed by atoms with Crippen LogP contribution in [0.3, 0.4) is 0 Å². The summed E-state index contributed by atoms with van der Waals surface area (Å²) in [4.78, 5) is 12.8. The first-order valence-corrected chi connectivity index (χ1v) is 8.90. The number of hydrogen-bond donors (Lipinski definition) is 1. The number of anilines is 1. The standard InChI is InChI=1S/C21H17F2N5O/c1-14-4-6-15(7-5-14)13-28-21(27-10-2-3-11-27)19(25-26-28)20(29)24-18-12-16(22)8-9-17(18)23/h2-12H,13H2,1H3,(H,24,29). The van der Waals surface area contributed by atoms with E-state index < -0.39 is 17.5 Å². The van der Waals surface area contributed by atoms with Gasteiger partial charge in [0.05, 0.1) is 12.2 Å².